The summed E-state index contributed by atoms with van der Waals surface area (Å²) in [7, 11) is 0. The lowest BCUT2D eigenvalue weighted by atomic mass is 10.0. The number of carboxylic acid groups (broad SMARTS) is 1. The van der Waals surface area contributed by atoms with Crippen molar-refractivity contribution in [3.05, 3.63) is 71.3 Å². The number of hydrogen-bond acceptors (Lipinski definition) is 3. The Kier molecular flexibility index (Phi) is 5.92. The average Bonchev–Trinajstić information content (AvgIpc) is 2.59. The van der Waals surface area contributed by atoms with Crippen LogP contribution in [0.15, 0.2) is 54.6 Å². The van der Waals surface area contributed by atoms with Crippen LogP contribution in [0.4, 0.5) is 0 Å². The van der Waals surface area contributed by atoms with E-state index in [1.165, 1.54) is 12.1 Å². The first-order valence-electron chi connectivity index (χ1n) is 7.71. The summed E-state index contributed by atoms with van der Waals surface area (Å²) in [4.78, 5) is 23.7. The van der Waals surface area contributed by atoms with E-state index in [0.29, 0.717) is 6.42 Å². The summed E-state index contributed by atoms with van der Waals surface area (Å²) in [5.74, 6) is -1.74. The van der Waals surface area contributed by atoms with Crippen LogP contribution in [0.2, 0.25) is 0 Å². The first kappa shape index (κ1) is 16.7. The Morgan fingerprint density at radius 3 is 2.22 bits per heavy atom. The first-order chi connectivity index (χ1) is 11.1. The zero-order valence-electron chi connectivity index (χ0n) is 13.1. The molecule has 4 nitrogen and oxygen atoms in total. The fourth-order valence-electron chi connectivity index (χ4n) is 2.39. The second kappa shape index (κ2) is 8.13. The molecular formula is C19H20O4. The summed E-state index contributed by atoms with van der Waals surface area (Å²) in [5, 5.41) is 9.20. The third kappa shape index (κ3) is 4.42. The Labute approximate surface area is 135 Å². The van der Waals surface area contributed by atoms with Gasteiger partial charge in [0.05, 0.1) is 11.1 Å². The van der Waals surface area contributed by atoms with Gasteiger partial charge in [-0.3, -0.25) is 0 Å². The molecular weight excluding hydrogens is 292 g/mol. The van der Waals surface area contributed by atoms with E-state index in [-0.39, 0.29) is 17.2 Å². The maximum atomic E-state index is 12.4. The summed E-state index contributed by atoms with van der Waals surface area (Å²) < 4.78 is 5.61. The highest BCUT2D eigenvalue weighted by atomic mass is 16.5. The van der Waals surface area contributed by atoms with E-state index in [1.54, 1.807) is 12.1 Å². The Morgan fingerprint density at radius 2 is 1.61 bits per heavy atom. The van der Waals surface area contributed by atoms with Crippen molar-refractivity contribution in [2.24, 2.45) is 0 Å². The number of benzene rings is 2. The van der Waals surface area contributed by atoms with Crippen LogP contribution in [-0.4, -0.2) is 17.0 Å². The van der Waals surface area contributed by atoms with Crippen LogP contribution < -0.4 is 0 Å². The van der Waals surface area contributed by atoms with Crippen LogP contribution in [0, 0.1) is 0 Å². The van der Waals surface area contributed by atoms with Gasteiger partial charge in [0.15, 0.2) is 0 Å². The fraction of sp³-hybridized carbons (Fsp3) is 0.263. The first-order valence-corrected chi connectivity index (χ1v) is 7.71. The van der Waals surface area contributed by atoms with Gasteiger partial charge < -0.3 is 9.84 Å². The van der Waals surface area contributed by atoms with Gasteiger partial charge in [-0.1, -0.05) is 55.8 Å². The molecule has 0 fully saturated rings. The fourth-order valence-corrected chi connectivity index (χ4v) is 2.39. The van der Waals surface area contributed by atoms with Gasteiger partial charge in [-0.25, -0.2) is 9.59 Å². The molecule has 0 unspecified atom stereocenters. The average molecular weight is 312 g/mol. The molecule has 0 spiro atoms. The summed E-state index contributed by atoms with van der Waals surface area (Å²) >= 11 is 0. The van der Waals surface area contributed by atoms with Crippen LogP contribution in [0.25, 0.3) is 0 Å². The molecule has 0 saturated heterocycles. The number of hydrogen-bond donors (Lipinski definition) is 1. The van der Waals surface area contributed by atoms with Crippen LogP contribution in [0.3, 0.4) is 0 Å². The van der Waals surface area contributed by atoms with Gasteiger partial charge in [-0.15, -0.1) is 0 Å². The third-order valence-electron chi connectivity index (χ3n) is 3.62. The van der Waals surface area contributed by atoms with Crippen molar-refractivity contribution in [3.63, 3.8) is 0 Å². The van der Waals surface area contributed by atoms with Crippen LogP contribution in [-0.2, 0) is 4.74 Å². The molecule has 120 valence electrons. The van der Waals surface area contributed by atoms with Gasteiger partial charge in [0.25, 0.3) is 0 Å². The molecule has 2 aromatic rings. The molecule has 0 aliphatic carbocycles. The van der Waals surface area contributed by atoms with E-state index in [2.05, 4.69) is 6.92 Å². The minimum absolute atomic E-state index is 0.0418. The number of esters is 1. The second-order valence-electron chi connectivity index (χ2n) is 5.30. The lowest BCUT2D eigenvalue weighted by Crippen LogP contribution is -2.15. The Morgan fingerprint density at radius 1 is 1.00 bits per heavy atom. The van der Waals surface area contributed by atoms with Crippen LogP contribution >= 0.6 is 0 Å². The van der Waals surface area contributed by atoms with E-state index in [1.807, 2.05) is 30.3 Å². The van der Waals surface area contributed by atoms with Crippen LogP contribution in [0.5, 0.6) is 0 Å². The number of rotatable bonds is 7. The monoisotopic (exact) mass is 312 g/mol. The zero-order chi connectivity index (χ0) is 16.7. The molecule has 0 aliphatic rings. The molecule has 2 rings (SSSR count). The SMILES string of the molecule is CCCC[C@@H](OC(=O)c1ccccc1C(=O)O)c1ccccc1. The number of carbonyl (C=O) groups is 2. The highest BCUT2D eigenvalue weighted by molar-refractivity contribution is 6.02. The summed E-state index contributed by atoms with van der Waals surface area (Å²) in [6, 6.07) is 15.6. The molecule has 2 aromatic carbocycles. The zero-order valence-corrected chi connectivity index (χ0v) is 13.1. The molecule has 1 atom stereocenters. The molecule has 23 heavy (non-hydrogen) atoms. The van der Waals surface area contributed by atoms with E-state index in [0.717, 1.165) is 18.4 Å². The molecule has 0 radical (unpaired) electrons. The molecule has 1 N–H and O–H groups in total. The van der Waals surface area contributed by atoms with E-state index in [9.17, 15) is 14.7 Å². The van der Waals surface area contributed by atoms with Crippen molar-refractivity contribution in [2.75, 3.05) is 0 Å². The third-order valence-corrected chi connectivity index (χ3v) is 3.62. The largest absolute Gasteiger partial charge is 0.478 e. The predicted molar refractivity (Wildman–Crippen MR) is 87.5 cm³/mol. The maximum Gasteiger partial charge on any atom is 0.339 e. The lowest BCUT2D eigenvalue weighted by molar-refractivity contribution is 0.0266. The molecule has 0 saturated carbocycles. The molecule has 0 amide bonds. The van der Waals surface area contributed by atoms with Crippen molar-refractivity contribution >= 4 is 11.9 Å². The molecule has 0 aliphatic heterocycles. The van der Waals surface area contributed by atoms with Gasteiger partial charge in [-0.05, 0) is 30.5 Å². The maximum absolute atomic E-state index is 12.4. The van der Waals surface area contributed by atoms with Crippen molar-refractivity contribution in [1.29, 1.82) is 0 Å². The molecule has 0 heterocycles. The number of carboxylic acids is 1. The Hall–Kier alpha value is -2.62. The van der Waals surface area contributed by atoms with E-state index < -0.39 is 11.9 Å². The molecule has 0 bridgehead atoms. The number of unbranched alkanes of at least 4 members (excludes halogenated alkanes) is 1. The quantitative estimate of drug-likeness (QED) is 0.766. The van der Waals surface area contributed by atoms with E-state index >= 15 is 0 Å². The standard InChI is InChI=1S/C19H20O4/c1-2-3-13-17(14-9-5-4-6-10-14)23-19(22)16-12-8-7-11-15(16)18(20)21/h4-12,17H,2-3,13H2,1H3,(H,20,21)/t17-/m1/s1. The highest BCUT2D eigenvalue weighted by Crippen LogP contribution is 2.25. The molecule has 0 aromatic heterocycles. The van der Waals surface area contributed by atoms with Gasteiger partial charge in [-0.2, -0.15) is 0 Å². The van der Waals surface area contributed by atoms with Gasteiger partial charge >= 0.3 is 11.9 Å². The summed E-state index contributed by atoms with van der Waals surface area (Å²) in [6.07, 6.45) is 2.26. The summed E-state index contributed by atoms with van der Waals surface area (Å²) in [6.45, 7) is 2.07. The van der Waals surface area contributed by atoms with Crippen molar-refractivity contribution in [3.8, 4) is 0 Å². The molecule has 4 heteroatoms. The van der Waals surface area contributed by atoms with Crippen molar-refractivity contribution in [2.45, 2.75) is 32.3 Å². The van der Waals surface area contributed by atoms with Crippen molar-refractivity contribution < 1.29 is 19.4 Å². The van der Waals surface area contributed by atoms with Crippen LogP contribution in [0.1, 0.15) is 58.6 Å². The van der Waals surface area contributed by atoms with Crippen molar-refractivity contribution in [1.82, 2.24) is 0 Å². The van der Waals surface area contributed by atoms with Gasteiger partial charge in [0, 0.05) is 0 Å². The van der Waals surface area contributed by atoms with E-state index in [4.69, 9.17) is 4.74 Å². The highest BCUT2D eigenvalue weighted by Gasteiger charge is 2.21. The van der Waals surface area contributed by atoms with Gasteiger partial charge in [0.1, 0.15) is 6.10 Å². The minimum atomic E-state index is -1.14. The normalized spacial score (nSPS) is 11.7. The van der Waals surface area contributed by atoms with Gasteiger partial charge in [0.2, 0.25) is 0 Å². The Bertz CT molecular complexity index is 664. The minimum Gasteiger partial charge on any atom is -0.478 e. The summed E-state index contributed by atoms with van der Waals surface area (Å²) in [5.41, 5.74) is 0.958. The topological polar surface area (TPSA) is 63.6 Å². The second-order valence-corrected chi connectivity index (χ2v) is 5.30. The lowest BCUT2D eigenvalue weighted by Gasteiger charge is -2.18. The smallest absolute Gasteiger partial charge is 0.339 e. The number of ether oxygens (including phenoxy) is 1. The predicted octanol–water partition coefficient (Wildman–Crippen LogP) is 4.47. The Balaban J connectivity index is 2.23. The number of aromatic carboxylic acids is 1. The number of carbonyl (C=O) groups excluding carboxylic acids is 1.